The zero-order valence-corrected chi connectivity index (χ0v) is 15.4. The molecule has 0 aliphatic carbocycles. The van der Waals surface area contributed by atoms with E-state index >= 15 is 0 Å². The summed E-state index contributed by atoms with van der Waals surface area (Å²) in [5, 5.41) is 3.15. The van der Waals surface area contributed by atoms with Gasteiger partial charge in [0.2, 0.25) is 0 Å². The van der Waals surface area contributed by atoms with Crippen LogP contribution in [0.1, 0.15) is 90.9 Å². The molecular weight excluding hydrogens is 250 g/mol. The van der Waals surface area contributed by atoms with Crippen LogP contribution in [-0.4, -0.2) is 13.7 Å². The van der Waals surface area contributed by atoms with Gasteiger partial charge in [-0.1, -0.05) is 101 Å². The molecule has 0 amide bonds. The van der Waals surface area contributed by atoms with E-state index in [2.05, 4.69) is 21.7 Å². The highest BCUT2D eigenvalue weighted by atomic mass is 31.2. The molecule has 0 aromatic heterocycles. The lowest BCUT2D eigenvalue weighted by molar-refractivity contribution is 0.618. The number of hydrogen-bond acceptors (Lipinski definition) is 0. The van der Waals surface area contributed by atoms with Gasteiger partial charge in [-0.15, -0.1) is 0 Å². The van der Waals surface area contributed by atoms with Crippen LogP contribution in [0.25, 0.3) is 0 Å². The predicted octanol–water partition coefficient (Wildman–Crippen LogP) is 6.57. The Hall–Kier alpha value is 0.962. The lowest BCUT2D eigenvalue weighted by atomic mass is 10.1. The molecular formula is C16H36AlP. The van der Waals surface area contributed by atoms with Gasteiger partial charge in [-0.05, 0) is 0 Å². The van der Waals surface area contributed by atoms with Gasteiger partial charge >= 0.3 is 0 Å². The second kappa shape index (κ2) is 16.0. The first kappa shape index (κ1) is 19.0. The summed E-state index contributed by atoms with van der Waals surface area (Å²) in [4.78, 5) is 0. The molecule has 0 bridgehead atoms. The Labute approximate surface area is 123 Å². The maximum Gasteiger partial charge on any atom is 0.293 e. The van der Waals surface area contributed by atoms with Crippen molar-refractivity contribution in [1.82, 2.24) is 0 Å². The molecule has 0 nitrogen and oxygen atoms in total. The van der Waals surface area contributed by atoms with E-state index in [0.29, 0.717) is 0 Å². The van der Waals surface area contributed by atoms with E-state index in [9.17, 15) is 0 Å². The molecule has 0 aliphatic rings. The van der Waals surface area contributed by atoms with Crippen LogP contribution < -0.4 is 0 Å². The quantitative estimate of drug-likeness (QED) is 0.192. The molecule has 0 N–H and O–H groups in total. The van der Waals surface area contributed by atoms with Crippen LogP contribution in [0.2, 0.25) is 10.6 Å². The maximum atomic E-state index is 3.21. The van der Waals surface area contributed by atoms with Crippen molar-refractivity contribution in [2.24, 2.45) is 0 Å². The number of hydrogen-bond donors (Lipinski definition) is 0. The largest absolute Gasteiger partial charge is 0.293 e. The minimum atomic E-state index is -0.403. The van der Waals surface area contributed by atoms with Gasteiger partial charge in [-0.3, -0.25) is 0 Å². The monoisotopic (exact) mass is 286 g/mol. The van der Waals surface area contributed by atoms with E-state index in [1.807, 2.05) is 0 Å². The third-order valence-electron chi connectivity index (χ3n) is 3.86. The Morgan fingerprint density at radius 1 is 0.556 bits per heavy atom. The maximum absolute atomic E-state index is 3.21. The van der Waals surface area contributed by atoms with Crippen LogP contribution in [0, 0.1) is 0 Å². The second-order valence-corrected chi connectivity index (χ2v) is 11.4. The summed E-state index contributed by atoms with van der Waals surface area (Å²) in [5.74, 6) is 0. The Morgan fingerprint density at radius 3 is 1.28 bits per heavy atom. The normalized spacial score (nSPS) is 10.8. The van der Waals surface area contributed by atoms with Crippen molar-refractivity contribution in [3.05, 3.63) is 0 Å². The van der Waals surface area contributed by atoms with Crippen molar-refractivity contribution in [1.29, 1.82) is 0 Å². The highest BCUT2D eigenvalue weighted by Gasteiger charge is 2.09. The average Bonchev–Trinajstić information content (AvgIpc) is 2.38. The van der Waals surface area contributed by atoms with Crippen molar-refractivity contribution in [3.63, 3.8) is 0 Å². The zero-order valence-electron chi connectivity index (χ0n) is 13.1. The highest BCUT2D eigenvalue weighted by Crippen LogP contribution is 2.18. The smallest absolute Gasteiger partial charge is 0.202 e. The first-order valence-corrected chi connectivity index (χ1v) is 12.9. The minimum Gasteiger partial charge on any atom is -0.202 e. The van der Waals surface area contributed by atoms with E-state index in [1.165, 1.54) is 77.0 Å². The highest BCUT2D eigenvalue weighted by molar-refractivity contribution is 7.62. The predicted molar refractivity (Wildman–Crippen MR) is 91.8 cm³/mol. The van der Waals surface area contributed by atoms with Gasteiger partial charge in [0.15, 0.2) is 0 Å². The Balaban J connectivity index is 3.10. The number of unbranched alkanes of at least 4 members (excludes halogenated alkanes) is 10. The summed E-state index contributed by atoms with van der Waals surface area (Å²) in [6.07, 6.45) is 17.6. The zero-order chi connectivity index (χ0) is 13.5. The summed E-state index contributed by atoms with van der Waals surface area (Å²) in [5.41, 5.74) is 0. The molecule has 1 atom stereocenters. The summed E-state index contributed by atoms with van der Waals surface area (Å²) in [6, 6.07) is 0. The molecule has 0 aliphatic heterocycles. The van der Waals surface area contributed by atoms with Crippen molar-refractivity contribution in [2.45, 2.75) is 101 Å². The second-order valence-electron chi connectivity index (χ2n) is 5.87. The third-order valence-corrected chi connectivity index (χ3v) is 8.16. The van der Waals surface area contributed by atoms with Gasteiger partial charge in [0.25, 0.3) is 13.7 Å². The minimum absolute atomic E-state index is 0.403. The van der Waals surface area contributed by atoms with Crippen molar-refractivity contribution in [3.8, 4) is 0 Å². The molecule has 2 heteroatoms. The van der Waals surface area contributed by atoms with Crippen LogP contribution in [0.4, 0.5) is 0 Å². The van der Waals surface area contributed by atoms with Gasteiger partial charge < -0.3 is 0 Å². The molecule has 0 aromatic carbocycles. The molecule has 1 unspecified atom stereocenters. The molecule has 0 saturated carbocycles. The Morgan fingerprint density at radius 2 is 0.889 bits per heavy atom. The Bertz CT molecular complexity index is 134. The summed E-state index contributed by atoms with van der Waals surface area (Å²) in [7, 11) is 3.21. The fourth-order valence-electron chi connectivity index (χ4n) is 2.52. The topological polar surface area (TPSA) is 0 Å². The lowest BCUT2D eigenvalue weighted by Crippen LogP contribution is -2.01. The molecule has 0 rings (SSSR count). The molecule has 108 valence electrons. The van der Waals surface area contributed by atoms with Crippen LogP contribution in [-0.2, 0) is 0 Å². The molecule has 0 fully saturated rings. The summed E-state index contributed by atoms with van der Waals surface area (Å²) >= 11 is -0.403. The third kappa shape index (κ3) is 15.0. The van der Waals surface area contributed by atoms with Gasteiger partial charge in [0.1, 0.15) is 0 Å². The van der Waals surface area contributed by atoms with Crippen molar-refractivity contribution < 1.29 is 0 Å². The van der Waals surface area contributed by atoms with Crippen LogP contribution in [0.5, 0.6) is 0 Å². The van der Waals surface area contributed by atoms with Crippen molar-refractivity contribution >= 4 is 21.6 Å². The van der Waals surface area contributed by atoms with Crippen LogP contribution in [0.3, 0.4) is 0 Å². The summed E-state index contributed by atoms with van der Waals surface area (Å²) < 4.78 is 0. The number of rotatable bonds is 14. The van der Waals surface area contributed by atoms with Crippen molar-refractivity contribution in [2.75, 3.05) is 0 Å². The van der Waals surface area contributed by atoms with Gasteiger partial charge in [0.05, 0.1) is 0 Å². The Kier molecular flexibility index (Phi) is 16.9. The molecule has 0 heterocycles. The van der Waals surface area contributed by atoms with Gasteiger partial charge in [-0.25, -0.2) is 7.89 Å². The molecule has 18 heavy (non-hydrogen) atoms. The van der Waals surface area contributed by atoms with E-state index in [4.69, 9.17) is 0 Å². The van der Waals surface area contributed by atoms with Gasteiger partial charge in [-0.2, -0.15) is 0 Å². The van der Waals surface area contributed by atoms with Crippen LogP contribution in [0.15, 0.2) is 0 Å². The summed E-state index contributed by atoms with van der Waals surface area (Å²) in [6.45, 7) is 4.60. The standard InChI is InChI=1S/2C8H17.Al.H2P/c2*1-3-5-7-8-6-4-2;;/h2*1,3-8H2,2H3;;1H2/q;;+1;-1. The lowest BCUT2D eigenvalue weighted by Gasteiger charge is -2.06. The van der Waals surface area contributed by atoms with Gasteiger partial charge in [0, 0.05) is 0 Å². The first-order chi connectivity index (χ1) is 8.81. The fraction of sp³-hybridized carbons (Fsp3) is 1.00. The SMILES string of the molecule is CCCCCCC[CH2][Al]([PH2])[CH2]CCCCCCC. The average molecular weight is 286 g/mol. The van der Waals surface area contributed by atoms with E-state index < -0.39 is 13.7 Å². The fourth-order valence-corrected chi connectivity index (χ4v) is 5.85. The molecule has 0 radical (unpaired) electrons. The molecule has 0 spiro atoms. The van der Waals surface area contributed by atoms with Crippen LogP contribution >= 0.6 is 7.89 Å². The first-order valence-electron chi connectivity index (χ1n) is 8.56. The molecule has 0 aromatic rings. The van der Waals surface area contributed by atoms with E-state index in [0.717, 1.165) is 0 Å². The molecule has 0 saturated heterocycles. The van der Waals surface area contributed by atoms with E-state index in [-0.39, 0.29) is 0 Å². The van der Waals surface area contributed by atoms with E-state index in [1.54, 1.807) is 10.6 Å².